The number of aryl methyl sites for hydroxylation is 2. The number of nitrogens with zero attached hydrogens (tertiary/aromatic N) is 2. The minimum Gasteiger partial charge on any atom is -0.369 e. The molecular formula is C16H21N3S. The summed E-state index contributed by atoms with van der Waals surface area (Å²) in [5.41, 5.74) is 1.34. The van der Waals surface area contributed by atoms with Gasteiger partial charge in [-0.25, -0.2) is 9.97 Å². The van der Waals surface area contributed by atoms with Gasteiger partial charge in [0.15, 0.2) is 0 Å². The molecule has 106 valence electrons. The molecule has 2 fully saturated rings. The summed E-state index contributed by atoms with van der Waals surface area (Å²) >= 11 is 1.77. The molecule has 0 aromatic carbocycles. The van der Waals surface area contributed by atoms with Crippen LogP contribution in [0.4, 0.5) is 5.82 Å². The number of hydrogen-bond acceptors (Lipinski definition) is 4. The highest BCUT2D eigenvalue weighted by molar-refractivity contribution is 7.18. The molecule has 2 aliphatic carbocycles. The summed E-state index contributed by atoms with van der Waals surface area (Å²) in [6, 6.07) is 0. The Morgan fingerprint density at radius 1 is 1.20 bits per heavy atom. The fraction of sp³-hybridized carbons (Fsp3) is 0.625. The lowest BCUT2D eigenvalue weighted by Gasteiger charge is -2.17. The maximum absolute atomic E-state index is 4.50. The zero-order valence-electron chi connectivity index (χ0n) is 12.1. The van der Waals surface area contributed by atoms with Crippen LogP contribution in [0.1, 0.15) is 36.1 Å². The first-order valence-electron chi connectivity index (χ1n) is 7.68. The molecule has 0 unspecified atom stereocenters. The summed E-state index contributed by atoms with van der Waals surface area (Å²) < 4.78 is 0. The van der Waals surface area contributed by atoms with Crippen molar-refractivity contribution in [3.63, 3.8) is 0 Å². The van der Waals surface area contributed by atoms with Crippen LogP contribution in [0.3, 0.4) is 0 Å². The topological polar surface area (TPSA) is 37.8 Å². The molecule has 2 saturated carbocycles. The van der Waals surface area contributed by atoms with E-state index in [-0.39, 0.29) is 0 Å². The summed E-state index contributed by atoms with van der Waals surface area (Å²) in [5, 5.41) is 4.88. The van der Waals surface area contributed by atoms with Crippen LogP contribution < -0.4 is 5.32 Å². The van der Waals surface area contributed by atoms with E-state index in [0.29, 0.717) is 0 Å². The van der Waals surface area contributed by atoms with E-state index in [0.717, 1.165) is 34.9 Å². The highest BCUT2D eigenvalue weighted by Gasteiger charge is 2.41. The van der Waals surface area contributed by atoms with Gasteiger partial charge in [-0.15, -0.1) is 11.3 Å². The van der Waals surface area contributed by atoms with Crippen LogP contribution in [0.25, 0.3) is 10.2 Å². The molecule has 2 aromatic heterocycles. The maximum atomic E-state index is 4.50. The molecule has 2 aliphatic rings. The number of aromatic nitrogens is 2. The Labute approximate surface area is 123 Å². The first-order chi connectivity index (χ1) is 9.74. The first-order valence-corrected chi connectivity index (χ1v) is 8.50. The van der Waals surface area contributed by atoms with Crippen molar-refractivity contribution in [3.8, 4) is 0 Å². The fourth-order valence-corrected chi connectivity index (χ4v) is 4.29. The summed E-state index contributed by atoms with van der Waals surface area (Å²) in [7, 11) is 0. The second-order valence-corrected chi connectivity index (χ2v) is 7.61. The van der Waals surface area contributed by atoms with E-state index in [9.17, 15) is 0 Å². The van der Waals surface area contributed by atoms with Gasteiger partial charge in [-0.1, -0.05) is 0 Å². The predicted octanol–water partition coefficient (Wildman–Crippen LogP) is 4.16. The summed E-state index contributed by atoms with van der Waals surface area (Å²) in [4.78, 5) is 11.4. The van der Waals surface area contributed by atoms with Crippen LogP contribution in [0.5, 0.6) is 0 Å². The maximum Gasteiger partial charge on any atom is 0.138 e. The van der Waals surface area contributed by atoms with Gasteiger partial charge in [-0.05, 0) is 62.8 Å². The molecule has 4 rings (SSSR count). The molecule has 20 heavy (non-hydrogen) atoms. The molecular weight excluding hydrogens is 266 g/mol. The monoisotopic (exact) mass is 287 g/mol. The average molecular weight is 287 g/mol. The second-order valence-electron chi connectivity index (χ2n) is 6.41. The third kappa shape index (κ3) is 2.20. The normalized spacial score (nSPS) is 18.9. The van der Waals surface area contributed by atoms with Crippen molar-refractivity contribution >= 4 is 27.4 Å². The largest absolute Gasteiger partial charge is 0.369 e. The fourth-order valence-electron chi connectivity index (χ4n) is 3.30. The Morgan fingerprint density at radius 2 is 1.90 bits per heavy atom. The van der Waals surface area contributed by atoms with Gasteiger partial charge in [-0.2, -0.15) is 0 Å². The van der Waals surface area contributed by atoms with Crippen molar-refractivity contribution in [2.45, 2.75) is 39.5 Å². The molecule has 0 spiro atoms. The minimum atomic E-state index is 0.875. The summed E-state index contributed by atoms with van der Waals surface area (Å²) in [6.07, 6.45) is 7.47. The number of fused-ring (bicyclic) bond motifs is 1. The average Bonchev–Trinajstić information content (AvgIpc) is 3.33. The molecule has 3 nitrogen and oxygen atoms in total. The van der Waals surface area contributed by atoms with Crippen LogP contribution in [-0.4, -0.2) is 16.5 Å². The Kier molecular flexibility index (Phi) is 2.95. The van der Waals surface area contributed by atoms with Crippen LogP contribution in [0.15, 0.2) is 6.33 Å². The lowest BCUT2D eigenvalue weighted by atomic mass is 9.98. The van der Waals surface area contributed by atoms with Gasteiger partial charge < -0.3 is 5.32 Å². The van der Waals surface area contributed by atoms with E-state index in [2.05, 4.69) is 29.1 Å². The third-order valence-corrected chi connectivity index (χ3v) is 6.04. The first kappa shape index (κ1) is 12.6. The lowest BCUT2D eigenvalue weighted by Crippen LogP contribution is -2.19. The number of anilines is 1. The van der Waals surface area contributed by atoms with Crippen molar-refractivity contribution in [2.24, 2.45) is 17.8 Å². The molecule has 0 saturated heterocycles. The Hall–Kier alpha value is -1.16. The molecule has 0 atom stereocenters. The van der Waals surface area contributed by atoms with Gasteiger partial charge in [0.2, 0.25) is 0 Å². The highest BCUT2D eigenvalue weighted by Crippen LogP contribution is 2.49. The predicted molar refractivity (Wildman–Crippen MR) is 84.3 cm³/mol. The Morgan fingerprint density at radius 3 is 2.55 bits per heavy atom. The summed E-state index contributed by atoms with van der Waals surface area (Å²) in [6.45, 7) is 5.44. The molecule has 2 aromatic rings. The smallest absolute Gasteiger partial charge is 0.138 e. The van der Waals surface area contributed by atoms with Crippen LogP contribution in [-0.2, 0) is 0 Å². The number of thiophene rings is 1. The molecule has 4 heteroatoms. The van der Waals surface area contributed by atoms with Gasteiger partial charge in [0, 0.05) is 11.4 Å². The van der Waals surface area contributed by atoms with E-state index in [1.165, 1.54) is 41.5 Å². The molecule has 0 aliphatic heterocycles. The van der Waals surface area contributed by atoms with Crippen molar-refractivity contribution in [1.82, 2.24) is 9.97 Å². The van der Waals surface area contributed by atoms with Gasteiger partial charge >= 0.3 is 0 Å². The highest BCUT2D eigenvalue weighted by atomic mass is 32.1. The zero-order chi connectivity index (χ0) is 13.7. The molecule has 0 amide bonds. The molecule has 0 bridgehead atoms. The minimum absolute atomic E-state index is 0.875. The molecule has 2 heterocycles. The van der Waals surface area contributed by atoms with Gasteiger partial charge in [0.25, 0.3) is 0 Å². The molecule has 1 N–H and O–H groups in total. The second kappa shape index (κ2) is 4.69. The number of nitrogens with one attached hydrogen (secondary N) is 1. The van der Waals surface area contributed by atoms with E-state index < -0.39 is 0 Å². The van der Waals surface area contributed by atoms with E-state index in [1.807, 2.05) is 0 Å². The van der Waals surface area contributed by atoms with Crippen molar-refractivity contribution in [3.05, 3.63) is 16.8 Å². The standard InChI is InChI=1S/C16H21N3S/c1-9-10(2)20-16-14(9)15(18-8-19-16)17-7-13(11-3-4-11)12-5-6-12/h8,11-13H,3-7H2,1-2H3,(H,17,18,19). The molecule has 0 radical (unpaired) electrons. The number of hydrogen-bond donors (Lipinski definition) is 1. The third-order valence-electron chi connectivity index (χ3n) is 4.93. The van der Waals surface area contributed by atoms with Gasteiger partial charge in [-0.3, -0.25) is 0 Å². The van der Waals surface area contributed by atoms with Crippen molar-refractivity contribution in [2.75, 3.05) is 11.9 Å². The summed E-state index contributed by atoms with van der Waals surface area (Å²) in [5.74, 6) is 3.89. The Bertz CT molecular complexity index is 628. The van der Waals surface area contributed by atoms with Crippen molar-refractivity contribution in [1.29, 1.82) is 0 Å². The SMILES string of the molecule is Cc1sc2ncnc(NCC(C3CC3)C3CC3)c2c1C. The van der Waals surface area contributed by atoms with Crippen LogP contribution >= 0.6 is 11.3 Å². The quantitative estimate of drug-likeness (QED) is 0.897. The zero-order valence-corrected chi connectivity index (χ0v) is 13.0. The van der Waals surface area contributed by atoms with E-state index in [4.69, 9.17) is 0 Å². The van der Waals surface area contributed by atoms with E-state index in [1.54, 1.807) is 17.7 Å². The Balaban J connectivity index is 1.58. The van der Waals surface area contributed by atoms with Crippen molar-refractivity contribution < 1.29 is 0 Å². The van der Waals surface area contributed by atoms with Gasteiger partial charge in [0.1, 0.15) is 17.0 Å². The van der Waals surface area contributed by atoms with Crippen LogP contribution in [0, 0.1) is 31.6 Å². The van der Waals surface area contributed by atoms with Crippen LogP contribution in [0.2, 0.25) is 0 Å². The number of rotatable bonds is 5. The van der Waals surface area contributed by atoms with Gasteiger partial charge in [0.05, 0.1) is 5.39 Å². The van der Waals surface area contributed by atoms with E-state index >= 15 is 0 Å². The lowest BCUT2D eigenvalue weighted by molar-refractivity contribution is 0.428.